The van der Waals surface area contributed by atoms with E-state index in [0.29, 0.717) is 0 Å². The molecule has 0 spiro atoms. The fourth-order valence-electron chi connectivity index (χ4n) is 8.41. The van der Waals surface area contributed by atoms with Gasteiger partial charge in [-0.25, -0.2) is 0 Å². The SMILES string of the molecule is CN(C)CC(=O)N(C)CC(=O)N(C)CC(=O)N(C)C(CCCN(C[C@H](O)[C@@H](O)[C@H](O)[C@H](O)CO)C[C@H](O)[C@@H](O)[C@H](O)[C@H](O)CO)C(=O)N(C)CC(=O)N(C)CC(=O)N(C)CC(=O)NCCN(C[C@H](O)[C@@H](O)[C@H](O)[C@H](O)CO)C[C@H](O)[C@@H](O)[C@H](O)[C@H](O)CO. The minimum Gasteiger partial charge on any atom is -0.394 e. The zero-order valence-electron chi connectivity index (χ0n) is 51.1. The third-order valence-corrected chi connectivity index (χ3v) is 14.3. The Bertz CT molecular complexity index is 2020. The van der Waals surface area contributed by atoms with Gasteiger partial charge in [-0.1, -0.05) is 0 Å². The summed E-state index contributed by atoms with van der Waals surface area (Å²) < 4.78 is 0. The maximum atomic E-state index is 14.4. The van der Waals surface area contributed by atoms with E-state index >= 15 is 0 Å². The van der Waals surface area contributed by atoms with Crippen LogP contribution in [0, 0.1) is 0 Å². The van der Waals surface area contributed by atoms with E-state index < -0.39 is 230 Å². The van der Waals surface area contributed by atoms with E-state index in [1.165, 1.54) is 42.3 Å². The van der Waals surface area contributed by atoms with Crippen LogP contribution in [0.5, 0.6) is 0 Å². The highest BCUT2D eigenvalue weighted by atomic mass is 16.4. The topological polar surface area (TPSA) is 565 Å². The average Bonchev–Trinajstić information content (AvgIpc) is 3.69. The van der Waals surface area contributed by atoms with Gasteiger partial charge in [0.15, 0.2) is 0 Å². The van der Waals surface area contributed by atoms with Crippen LogP contribution in [0.3, 0.4) is 0 Å². The standard InChI is InChI=1S/C51H100N10O27/c1-53(2)19-38(75)55(4)21-40(77)57(6)23-42(79)59(8)28(10-9-12-60(14-29(66)43(80)47(84)33(70)24-62)15-30(67)44(81)48(85)34(71)25-63)51(88)58(7)22-41(78)56(5)20-39(76)54(3)18-37(74)52-11-13-61(16-31(68)45(82)49(86)35(72)26-64)17-32(69)46(83)50(87)36(73)27-65/h28-36,43-50,62-73,80-87H,9-27H2,1-8H3,(H,52,74)/t28?,29-,30-,31-,32-,33+,34+,35+,36+,43+,44+,45+,46+,47+,48+,49+,50+/m0/s1. The molecule has 0 heterocycles. The maximum Gasteiger partial charge on any atom is 0.245 e. The van der Waals surface area contributed by atoms with Gasteiger partial charge in [0.1, 0.15) is 79.3 Å². The van der Waals surface area contributed by atoms with Gasteiger partial charge in [-0.05, 0) is 33.5 Å². The summed E-state index contributed by atoms with van der Waals surface area (Å²) in [6.07, 6.45) is -32.5. The van der Waals surface area contributed by atoms with E-state index in [4.69, 9.17) is 10.2 Å². The molecule has 0 bridgehead atoms. The molecular weight excluding hydrogens is 1180 g/mol. The Morgan fingerprint density at radius 1 is 0.341 bits per heavy atom. The minimum atomic E-state index is -2.13. The van der Waals surface area contributed by atoms with Crippen molar-refractivity contribution in [1.82, 2.24) is 49.4 Å². The Hall–Kier alpha value is -4.63. The maximum absolute atomic E-state index is 14.4. The van der Waals surface area contributed by atoms with Crippen LogP contribution in [0.4, 0.5) is 0 Å². The number of nitrogens with zero attached hydrogens (tertiary/aromatic N) is 9. The molecule has 37 heteroatoms. The Morgan fingerprint density at radius 3 is 0.932 bits per heavy atom. The van der Waals surface area contributed by atoms with Gasteiger partial charge in [0.2, 0.25) is 41.4 Å². The summed E-state index contributed by atoms with van der Waals surface area (Å²) in [5.74, 6) is -5.27. The van der Waals surface area contributed by atoms with E-state index in [1.807, 2.05) is 0 Å². The molecule has 516 valence electrons. The summed E-state index contributed by atoms with van der Waals surface area (Å²) in [7, 11) is 10.7. The van der Waals surface area contributed by atoms with Crippen LogP contribution in [-0.4, -0.2) is 459 Å². The largest absolute Gasteiger partial charge is 0.394 e. The first-order chi connectivity index (χ1) is 40.8. The first-order valence-corrected chi connectivity index (χ1v) is 28.0. The fraction of sp³-hybridized carbons (Fsp3) is 0.863. The molecule has 0 rings (SSSR count). The average molecular weight is 1290 g/mol. The van der Waals surface area contributed by atoms with Gasteiger partial charge >= 0.3 is 0 Å². The van der Waals surface area contributed by atoms with E-state index in [0.717, 1.165) is 39.2 Å². The molecule has 0 aromatic carbocycles. The second-order valence-corrected chi connectivity index (χ2v) is 22.2. The summed E-state index contributed by atoms with van der Waals surface area (Å²) in [6, 6.07) is -1.50. The van der Waals surface area contributed by atoms with Gasteiger partial charge in [0.05, 0.1) is 90.1 Å². The summed E-state index contributed by atoms with van der Waals surface area (Å²) in [5.41, 5.74) is 0. The summed E-state index contributed by atoms with van der Waals surface area (Å²) in [4.78, 5) is 104. The van der Waals surface area contributed by atoms with Crippen molar-refractivity contribution >= 4 is 41.4 Å². The van der Waals surface area contributed by atoms with Crippen LogP contribution in [0.2, 0.25) is 0 Å². The van der Waals surface area contributed by atoms with Crippen LogP contribution >= 0.6 is 0 Å². The number of aliphatic hydroxyl groups excluding tert-OH is 20. The molecule has 37 nitrogen and oxygen atoms in total. The summed E-state index contributed by atoms with van der Waals surface area (Å²) >= 11 is 0. The first kappa shape index (κ1) is 83.4. The number of likely N-dealkylation sites (N-methyl/N-ethyl adjacent to an activating group) is 7. The van der Waals surface area contributed by atoms with Gasteiger partial charge < -0.3 is 142 Å². The van der Waals surface area contributed by atoms with Crippen molar-refractivity contribution in [2.75, 3.05) is 168 Å². The van der Waals surface area contributed by atoms with Crippen LogP contribution in [-0.2, 0) is 33.6 Å². The molecule has 1 unspecified atom stereocenters. The number of hydrogen-bond donors (Lipinski definition) is 21. The highest BCUT2D eigenvalue weighted by Gasteiger charge is 2.38. The molecule has 17 atom stereocenters. The smallest absolute Gasteiger partial charge is 0.245 e. The molecule has 0 aliphatic heterocycles. The second-order valence-electron chi connectivity index (χ2n) is 22.2. The number of carbonyl (C=O) groups is 7. The van der Waals surface area contributed by atoms with E-state index in [9.17, 15) is 125 Å². The highest BCUT2D eigenvalue weighted by molar-refractivity contribution is 5.93. The molecule has 0 radical (unpaired) electrons. The molecule has 0 aromatic heterocycles. The van der Waals surface area contributed by atoms with Crippen LogP contribution in [0.25, 0.3) is 0 Å². The Kier molecular flexibility index (Phi) is 39.5. The van der Waals surface area contributed by atoms with Crippen molar-refractivity contribution in [2.24, 2.45) is 0 Å². The zero-order valence-corrected chi connectivity index (χ0v) is 51.1. The van der Waals surface area contributed by atoms with Crippen LogP contribution in [0.15, 0.2) is 0 Å². The van der Waals surface area contributed by atoms with Gasteiger partial charge in [0.25, 0.3) is 0 Å². The molecule has 0 fully saturated rings. The van der Waals surface area contributed by atoms with Crippen LogP contribution < -0.4 is 5.32 Å². The summed E-state index contributed by atoms with van der Waals surface area (Å²) in [5, 5.41) is 204. The van der Waals surface area contributed by atoms with Crippen LogP contribution in [0.1, 0.15) is 12.8 Å². The van der Waals surface area contributed by atoms with E-state index in [-0.39, 0.29) is 39.0 Å². The number of rotatable bonds is 45. The second kappa shape index (κ2) is 41.7. The lowest BCUT2D eigenvalue weighted by Gasteiger charge is -2.35. The van der Waals surface area contributed by atoms with Gasteiger partial charge in [-0.2, -0.15) is 0 Å². The molecule has 0 aliphatic rings. The predicted octanol–water partition coefficient (Wildman–Crippen LogP) is -16.1. The number of amides is 7. The number of nitrogens with one attached hydrogen (secondary N) is 1. The first-order valence-electron chi connectivity index (χ1n) is 28.0. The van der Waals surface area contributed by atoms with Gasteiger partial charge in [-0.3, -0.25) is 43.4 Å². The summed E-state index contributed by atoms with van der Waals surface area (Å²) in [6.45, 7) is -10.8. The molecule has 0 saturated carbocycles. The normalized spacial score (nSPS) is 17.8. The minimum absolute atomic E-state index is 0.0282. The molecular formula is C51H100N10O27. The number of carbonyl (C=O) groups excluding carboxylic acids is 7. The van der Waals surface area contributed by atoms with Crippen molar-refractivity contribution in [3.8, 4) is 0 Å². The Balaban J connectivity index is 6.53. The van der Waals surface area contributed by atoms with Gasteiger partial charge in [-0.15, -0.1) is 0 Å². The van der Waals surface area contributed by atoms with Crippen molar-refractivity contribution < 1.29 is 136 Å². The number of aliphatic hydroxyl groups is 20. The van der Waals surface area contributed by atoms with Crippen molar-refractivity contribution in [1.29, 1.82) is 0 Å². The number of hydrogen-bond acceptors (Lipinski definition) is 30. The molecule has 88 heavy (non-hydrogen) atoms. The van der Waals surface area contributed by atoms with Crippen molar-refractivity contribution in [3.63, 3.8) is 0 Å². The highest BCUT2D eigenvalue weighted by Crippen LogP contribution is 2.17. The third-order valence-electron chi connectivity index (χ3n) is 14.3. The zero-order chi connectivity index (χ0) is 68.2. The molecule has 7 amide bonds. The lowest BCUT2D eigenvalue weighted by Crippen LogP contribution is -2.54. The van der Waals surface area contributed by atoms with Crippen molar-refractivity contribution in [3.05, 3.63) is 0 Å². The quantitative estimate of drug-likeness (QED) is 0.0269. The Labute approximate surface area is 509 Å². The fourth-order valence-corrected chi connectivity index (χ4v) is 8.41. The monoisotopic (exact) mass is 1280 g/mol. The van der Waals surface area contributed by atoms with E-state index in [2.05, 4.69) is 5.32 Å². The lowest BCUT2D eigenvalue weighted by atomic mass is 10.0. The predicted molar refractivity (Wildman–Crippen MR) is 303 cm³/mol. The molecule has 0 aliphatic carbocycles. The van der Waals surface area contributed by atoms with Crippen molar-refractivity contribution in [2.45, 2.75) is 117 Å². The third kappa shape index (κ3) is 28.7. The van der Waals surface area contributed by atoms with Gasteiger partial charge in [0, 0.05) is 81.6 Å². The molecule has 21 N–H and O–H groups in total. The van der Waals surface area contributed by atoms with E-state index in [1.54, 1.807) is 19.0 Å². The lowest BCUT2D eigenvalue weighted by molar-refractivity contribution is -0.149. The molecule has 0 saturated heterocycles. The Morgan fingerprint density at radius 2 is 0.614 bits per heavy atom. The molecule has 0 aromatic rings.